The van der Waals surface area contributed by atoms with Gasteiger partial charge in [0.2, 0.25) is 0 Å². The second kappa shape index (κ2) is 3.79. The van der Waals surface area contributed by atoms with Gasteiger partial charge in [0.05, 0.1) is 0 Å². The molecule has 1 aromatic rings. The van der Waals surface area contributed by atoms with Crippen LogP contribution in [-0.4, -0.2) is 29.4 Å². The third kappa shape index (κ3) is 2.21. The lowest BCUT2D eigenvalue weighted by Gasteiger charge is -2.08. The summed E-state index contributed by atoms with van der Waals surface area (Å²) >= 11 is 0. The largest absolute Gasteiger partial charge is 0.368 e. The predicted octanol–water partition coefficient (Wildman–Crippen LogP) is 0.441. The molecule has 1 aromatic heterocycles. The molecular formula is C9H16N4. The average Bonchev–Trinajstić information content (AvgIpc) is 2.71. The molecule has 72 valence electrons. The molecule has 0 bridgehead atoms. The van der Waals surface area contributed by atoms with Crippen molar-refractivity contribution in [3.8, 4) is 0 Å². The second-order valence-electron chi connectivity index (χ2n) is 3.61. The standard InChI is InChI=1S/C9H16N4/c1-13-5-3-9(12-13)11-7-8-2-4-10-6-8/h3,5,8,10H,2,4,6-7H2,1H3,(H,11,12). The number of aryl methyl sites for hydroxylation is 1. The highest BCUT2D eigenvalue weighted by atomic mass is 15.3. The quantitative estimate of drug-likeness (QED) is 0.709. The smallest absolute Gasteiger partial charge is 0.147 e. The van der Waals surface area contributed by atoms with E-state index in [2.05, 4.69) is 15.7 Å². The normalized spacial score (nSPS) is 22.1. The van der Waals surface area contributed by atoms with Crippen LogP contribution in [0.5, 0.6) is 0 Å². The molecule has 2 rings (SSSR count). The van der Waals surface area contributed by atoms with E-state index in [-0.39, 0.29) is 0 Å². The molecule has 0 radical (unpaired) electrons. The predicted molar refractivity (Wildman–Crippen MR) is 52.7 cm³/mol. The van der Waals surface area contributed by atoms with Gasteiger partial charge >= 0.3 is 0 Å². The Balaban J connectivity index is 1.78. The lowest BCUT2D eigenvalue weighted by Crippen LogP contribution is -2.17. The van der Waals surface area contributed by atoms with E-state index in [0.717, 1.165) is 31.4 Å². The van der Waals surface area contributed by atoms with Gasteiger partial charge in [-0.2, -0.15) is 5.10 Å². The minimum atomic E-state index is 0.766. The van der Waals surface area contributed by atoms with E-state index in [4.69, 9.17) is 0 Å². The monoisotopic (exact) mass is 180 g/mol. The molecule has 1 fully saturated rings. The Hall–Kier alpha value is -1.03. The third-order valence-electron chi connectivity index (χ3n) is 2.45. The van der Waals surface area contributed by atoms with Crippen LogP contribution in [0.2, 0.25) is 0 Å². The van der Waals surface area contributed by atoms with Crippen LogP contribution in [-0.2, 0) is 7.05 Å². The van der Waals surface area contributed by atoms with Gasteiger partial charge in [0, 0.05) is 25.9 Å². The molecule has 0 saturated carbocycles. The van der Waals surface area contributed by atoms with Crippen molar-refractivity contribution >= 4 is 5.82 Å². The number of hydrogen-bond donors (Lipinski definition) is 2. The molecule has 1 unspecified atom stereocenters. The third-order valence-corrected chi connectivity index (χ3v) is 2.45. The lowest BCUT2D eigenvalue weighted by atomic mass is 10.1. The van der Waals surface area contributed by atoms with Crippen LogP contribution in [0.25, 0.3) is 0 Å². The summed E-state index contributed by atoms with van der Waals surface area (Å²) in [6.45, 7) is 3.33. The van der Waals surface area contributed by atoms with Crippen LogP contribution in [0, 0.1) is 5.92 Å². The molecule has 4 heteroatoms. The van der Waals surface area contributed by atoms with Crippen molar-refractivity contribution in [3.63, 3.8) is 0 Å². The summed E-state index contributed by atoms with van der Waals surface area (Å²) in [6.07, 6.45) is 3.23. The van der Waals surface area contributed by atoms with Crippen molar-refractivity contribution in [1.29, 1.82) is 0 Å². The van der Waals surface area contributed by atoms with Gasteiger partial charge in [-0.15, -0.1) is 0 Å². The minimum Gasteiger partial charge on any atom is -0.368 e. The van der Waals surface area contributed by atoms with E-state index >= 15 is 0 Å². The molecule has 0 aromatic carbocycles. The highest BCUT2D eigenvalue weighted by Crippen LogP contribution is 2.09. The number of nitrogens with zero attached hydrogens (tertiary/aromatic N) is 2. The van der Waals surface area contributed by atoms with Crippen molar-refractivity contribution in [2.75, 3.05) is 25.0 Å². The Morgan fingerprint density at radius 1 is 1.77 bits per heavy atom. The zero-order chi connectivity index (χ0) is 9.10. The molecule has 2 N–H and O–H groups in total. The molecule has 1 atom stereocenters. The van der Waals surface area contributed by atoms with E-state index in [1.807, 2.05) is 24.0 Å². The number of aromatic nitrogens is 2. The van der Waals surface area contributed by atoms with Gasteiger partial charge in [0.15, 0.2) is 0 Å². The maximum atomic E-state index is 4.26. The van der Waals surface area contributed by atoms with E-state index < -0.39 is 0 Å². The molecule has 2 heterocycles. The summed E-state index contributed by atoms with van der Waals surface area (Å²) in [5.74, 6) is 1.75. The van der Waals surface area contributed by atoms with Crippen molar-refractivity contribution < 1.29 is 0 Å². The van der Waals surface area contributed by atoms with Crippen LogP contribution in [0.3, 0.4) is 0 Å². The molecule has 0 amide bonds. The molecule has 1 aliphatic rings. The molecular weight excluding hydrogens is 164 g/mol. The molecule has 0 aliphatic carbocycles. The molecule has 13 heavy (non-hydrogen) atoms. The summed E-state index contributed by atoms with van der Waals surface area (Å²) in [4.78, 5) is 0. The zero-order valence-electron chi connectivity index (χ0n) is 7.95. The van der Waals surface area contributed by atoms with E-state index in [9.17, 15) is 0 Å². The van der Waals surface area contributed by atoms with Crippen LogP contribution in [0.15, 0.2) is 12.3 Å². The Kier molecular flexibility index (Phi) is 2.49. The van der Waals surface area contributed by atoms with Gasteiger partial charge < -0.3 is 10.6 Å². The number of rotatable bonds is 3. The molecule has 0 spiro atoms. The van der Waals surface area contributed by atoms with Gasteiger partial charge in [-0.3, -0.25) is 4.68 Å². The van der Waals surface area contributed by atoms with E-state index in [1.165, 1.54) is 6.42 Å². The van der Waals surface area contributed by atoms with Crippen LogP contribution in [0.1, 0.15) is 6.42 Å². The first-order valence-corrected chi connectivity index (χ1v) is 4.79. The SMILES string of the molecule is Cn1ccc(NCC2CCNC2)n1. The number of nitrogens with one attached hydrogen (secondary N) is 2. The van der Waals surface area contributed by atoms with Crippen LogP contribution < -0.4 is 10.6 Å². The van der Waals surface area contributed by atoms with Crippen molar-refractivity contribution in [1.82, 2.24) is 15.1 Å². The van der Waals surface area contributed by atoms with Crippen molar-refractivity contribution in [2.45, 2.75) is 6.42 Å². The Morgan fingerprint density at radius 2 is 2.69 bits per heavy atom. The van der Waals surface area contributed by atoms with E-state index in [0.29, 0.717) is 0 Å². The summed E-state index contributed by atoms with van der Waals surface area (Å²) in [5.41, 5.74) is 0. The fourth-order valence-electron chi connectivity index (χ4n) is 1.65. The van der Waals surface area contributed by atoms with Gasteiger partial charge in [0.1, 0.15) is 5.82 Å². The highest BCUT2D eigenvalue weighted by molar-refractivity contribution is 5.31. The summed E-state index contributed by atoms with van der Waals surface area (Å²) < 4.78 is 1.81. The maximum Gasteiger partial charge on any atom is 0.147 e. The van der Waals surface area contributed by atoms with Crippen molar-refractivity contribution in [3.05, 3.63) is 12.3 Å². The Morgan fingerprint density at radius 3 is 3.31 bits per heavy atom. The number of hydrogen-bond acceptors (Lipinski definition) is 3. The summed E-state index contributed by atoms with van der Waals surface area (Å²) in [6, 6.07) is 2.00. The van der Waals surface area contributed by atoms with Gasteiger partial charge in [-0.1, -0.05) is 0 Å². The zero-order valence-corrected chi connectivity index (χ0v) is 7.95. The highest BCUT2D eigenvalue weighted by Gasteiger charge is 2.13. The van der Waals surface area contributed by atoms with Crippen molar-refractivity contribution in [2.24, 2.45) is 13.0 Å². The molecule has 4 nitrogen and oxygen atoms in total. The first-order chi connectivity index (χ1) is 6.34. The van der Waals surface area contributed by atoms with E-state index in [1.54, 1.807) is 0 Å². The molecule has 1 aliphatic heterocycles. The maximum absolute atomic E-state index is 4.26. The summed E-state index contributed by atoms with van der Waals surface area (Å²) in [7, 11) is 1.93. The summed E-state index contributed by atoms with van der Waals surface area (Å²) in [5, 5.41) is 10.9. The fourth-order valence-corrected chi connectivity index (χ4v) is 1.65. The van der Waals surface area contributed by atoms with Crippen LogP contribution >= 0.6 is 0 Å². The first-order valence-electron chi connectivity index (χ1n) is 4.79. The fraction of sp³-hybridized carbons (Fsp3) is 0.667. The van der Waals surface area contributed by atoms with Gasteiger partial charge in [-0.25, -0.2) is 0 Å². The van der Waals surface area contributed by atoms with Gasteiger partial charge in [-0.05, 0) is 25.4 Å². The number of anilines is 1. The lowest BCUT2D eigenvalue weighted by molar-refractivity contribution is 0.613. The Bertz CT molecular complexity index is 262. The molecule has 1 saturated heterocycles. The van der Waals surface area contributed by atoms with Gasteiger partial charge in [0.25, 0.3) is 0 Å². The first kappa shape index (κ1) is 8.56. The topological polar surface area (TPSA) is 41.9 Å². The second-order valence-corrected chi connectivity index (χ2v) is 3.61. The average molecular weight is 180 g/mol. The Labute approximate surface area is 78.3 Å². The van der Waals surface area contributed by atoms with Crippen LogP contribution in [0.4, 0.5) is 5.82 Å². The minimum absolute atomic E-state index is 0.766.